The first-order valence-corrected chi connectivity index (χ1v) is 13.8. The molecule has 212 valence electrons. The van der Waals surface area contributed by atoms with E-state index in [2.05, 4.69) is 10.2 Å². The summed E-state index contributed by atoms with van der Waals surface area (Å²) in [5.41, 5.74) is 2.44. The Bertz CT molecular complexity index is 1340. The number of likely N-dealkylation sites (tertiary alicyclic amines) is 1. The fourth-order valence-electron chi connectivity index (χ4n) is 5.33. The molecule has 2 aliphatic heterocycles. The number of nitrogens with one attached hydrogen (secondary N) is 1. The van der Waals surface area contributed by atoms with E-state index in [1.165, 1.54) is 31.4 Å². The van der Waals surface area contributed by atoms with Gasteiger partial charge in [0.25, 0.3) is 0 Å². The monoisotopic (exact) mass is 588 g/mol. The first-order chi connectivity index (χ1) is 19.1. The van der Waals surface area contributed by atoms with E-state index in [0.717, 1.165) is 0 Å². The standard InChI is InChI=1S/C30H31Cl2FN2O5/c1-17-24(29(37)39-3)27(26-22(31)5-4-6-23(26)32)25(18(2)34-17)30(38)40-16-15-35-13-11-20(12-14-35)28(36)19-7-9-21(33)10-8-19/h4-10,20,27,34H,11-16H2,1-3H3. The second-order valence-corrected chi connectivity index (χ2v) is 10.7. The number of hydrogen-bond acceptors (Lipinski definition) is 7. The molecule has 0 amide bonds. The summed E-state index contributed by atoms with van der Waals surface area (Å²) in [5.74, 6) is -2.56. The van der Waals surface area contributed by atoms with Gasteiger partial charge in [0.2, 0.25) is 0 Å². The van der Waals surface area contributed by atoms with Crippen LogP contribution in [0.1, 0.15) is 48.5 Å². The molecule has 40 heavy (non-hydrogen) atoms. The molecule has 2 aromatic rings. The van der Waals surface area contributed by atoms with Crippen molar-refractivity contribution in [2.24, 2.45) is 5.92 Å². The third-order valence-electron chi connectivity index (χ3n) is 7.40. The van der Waals surface area contributed by atoms with E-state index in [9.17, 15) is 18.8 Å². The maximum Gasteiger partial charge on any atom is 0.336 e. The van der Waals surface area contributed by atoms with E-state index < -0.39 is 17.9 Å². The van der Waals surface area contributed by atoms with Crippen LogP contribution in [0, 0.1) is 11.7 Å². The number of esters is 2. The van der Waals surface area contributed by atoms with Crippen molar-refractivity contribution in [3.63, 3.8) is 0 Å². The zero-order valence-electron chi connectivity index (χ0n) is 22.6. The van der Waals surface area contributed by atoms with Crippen LogP contribution in [-0.2, 0) is 19.1 Å². The van der Waals surface area contributed by atoms with E-state index in [-0.39, 0.29) is 35.3 Å². The molecule has 0 aromatic heterocycles. The SMILES string of the molecule is COC(=O)C1=C(C)NC(C)=C(C(=O)OCCN2CCC(C(=O)c3ccc(F)cc3)CC2)C1c1c(Cl)cccc1Cl. The summed E-state index contributed by atoms with van der Waals surface area (Å²) in [5, 5.41) is 3.71. The van der Waals surface area contributed by atoms with Crippen molar-refractivity contribution in [2.45, 2.75) is 32.6 Å². The van der Waals surface area contributed by atoms with Crippen molar-refractivity contribution in [1.29, 1.82) is 0 Å². The summed E-state index contributed by atoms with van der Waals surface area (Å²) in [4.78, 5) is 41.2. The maximum atomic E-state index is 13.5. The highest BCUT2D eigenvalue weighted by atomic mass is 35.5. The first-order valence-electron chi connectivity index (χ1n) is 13.0. The lowest BCUT2D eigenvalue weighted by atomic mass is 9.80. The van der Waals surface area contributed by atoms with E-state index in [1.807, 2.05) is 0 Å². The summed E-state index contributed by atoms with van der Waals surface area (Å²) in [6.07, 6.45) is 1.33. The van der Waals surface area contributed by atoms with E-state index >= 15 is 0 Å². The zero-order chi connectivity index (χ0) is 29.0. The highest BCUT2D eigenvalue weighted by Crippen LogP contribution is 2.44. The number of benzene rings is 2. The van der Waals surface area contributed by atoms with Gasteiger partial charge in [-0.3, -0.25) is 9.69 Å². The fourth-order valence-corrected chi connectivity index (χ4v) is 5.95. The van der Waals surface area contributed by atoms with Gasteiger partial charge >= 0.3 is 11.9 Å². The average molecular weight is 589 g/mol. The van der Waals surface area contributed by atoms with Gasteiger partial charge in [0.05, 0.1) is 24.2 Å². The Morgan fingerprint density at radius 2 is 1.52 bits per heavy atom. The topological polar surface area (TPSA) is 84.9 Å². The number of hydrogen-bond donors (Lipinski definition) is 1. The van der Waals surface area contributed by atoms with E-state index in [1.54, 1.807) is 32.0 Å². The van der Waals surface area contributed by atoms with E-state index in [0.29, 0.717) is 65.0 Å². The number of Topliss-reactive ketones (excluding diaryl/α,β-unsaturated/α-hetero) is 1. The number of piperidine rings is 1. The van der Waals surface area contributed by atoms with Gasteiger partial charge in [-0.2, -0.15) is 0 Å². The van der Waals surface area contributed by atoms with E-state index in [4.69, 9.17) is 32.7 Å². The molecule has 1 atom stereocenters. The van der Waals surface area contributed by atoms with Crippen molar-refractivity contribution < 1.29 is 28.2 Å². The Balaban J connectivity index is 1.42. The number of methoxy groups -OCH3 is 1. The molecule has 0 bridgehead atoms. The minimum Gasteiger partial charge on any atom is -0.466 e. The zero-order valence-corrected chi connectivity index (χ0v) is 24.1. The molecule has 1 fully saturated rings. The van der Waals surface area contributed by atoms with Crippen LogP contribution < -0.4 is 5.32 Å². The van der Waals surface area contributed by atoms with Gasteiger partial charge in [-0.25, -0.2) is 14.0 Å². The quantitative estimate of drug-likeness (QED) is 0.314. The molecule has 1 N–H and O–H groups in total. The van der Waals surface area contributed by atoms with Gasteiger partial charge in [-0.05, 0) is 76.2 Å². The van der Waals surface area contributed by atoms with Crippen molar-refractivity contribution >= 4 is 40.9 Å². The number of carbonyl (C=O) groups excluding carboxylic acids is 3. The molecule has 1 unspecified atom stereocenters. The lowest BCUT2D eigenvalue weighted by Crippen LogP contribution is -2.39. The smallest absolute Gasteiger partial charge is 0.336 e. The molecule has 10 heteroatoms. The van der Waals surface area contributed by atoms with Crippen LogP contribution in [0.25, 0.3) is 0 Å². The summed E-state index contributed by atoms with van der Waals surface area (Å²) >= 11 is 13.1. The molecule has 0 aliphatic carbocycles. The Kier molecular flexibility index (Phi) is 9.66. The Labute approximate surface area is 242 Å². The summed E-state index contributed by atoms with van der Waals surface area (Å²) < 4.78 is 23.9. The van der Waals surface area contributed by atoms with Gasteiger partial charge in [0.1, 0.15) is 12.4 Å². The van der Waals surface area contributed by atoms with Gasteiger partial charge in [-0.1, -0.05) is 29.3 Å². The lowest BCUT2D eigenvalue weighted by molar-refractivity contribution is -0.140. The average Bonchev–Trinajstić information content (AvgIpc) is 2.93. The summed E-state index contributed by atoms with van der Waals surface area (Å²) in [6, 6.07) is 10.6. The second-order valence-electron chi connectivity index (χ2n) is 9.89. The number of ether oxygens (including phenoxy) is 2. The Morgan fingerprint density at radius 1 is 0.950 bits per heavy atom. The Morgan fingerprint density at radius 3 is 2.10 bits per heavy atom. The largest absolute Gasteiger partial charge is 0.466 e. The number of nitrogens with zero attached hydrogens (tertiary/aromatic N) is 1. The highest BCUT2D eigenvalue weighted by Gasteiger charge is 2.40. The van der Waals surface area contributed by atoms with Crippen molar-refractivity contribution in [3.05, 3.63) is 92.0 Å². The molecule has 0 saturated carbocycles. The van der Waals surface area contributed by atoms with Crippen molar-refractivity contribution in [1.82, 2.24) is 10.2 Å². The first kappa shape index (κ1) is 29.8. The number of allylic oxidation sites excluding steroid dienone is 2. The van der Waals surface area contributed by atoms with Gasteiger partial charge in [0.15, 0.2) is 5.78 Å². The molecule has 2 aliphatic rings. The normalized spacial score (nSPS) is 18.4. The molecule has 2 aromatic carbocycles. The van der Waals surface area contributed by atoms with Crippen LogP contribution >= 0.6 is 23.2 Å². The summed E-state index contributed by atoms with van der Waals surface area (Å²) in [7, 11) is 1.27. The molecule has 7 nitrogen and oxygen atoms in total. The Hall–Kier alpha value is -3.20. The third-order valence-corrected chi connectivity index (χ3v) is 8.06. The second kappa shape index (κ2) is 13.0. The maximum absolute atomic E-state index is 13.5. The van der Waals surface area contributed by atoms with Crippen molar-refractivity contribution in [3.8, 4) is 0 Å². The number of ketones is 1. The predicted octanol–water partition coefficient (Wildman–Crippen LogP) is 5.68. The molecule has 4 rings (SSSR count). The number of halogens is 3. The van der Waals surface area contributed by atoms with Crippen LogP contribution in [-0.4, -0.2) is 56.0 Å². The van der Waals surface area contributed by atoms with Gasteiger partial charge in [-0.15, -0.1) is 0 Å². The van der Waals surface area contributed by atoms with Crippen LogP contribution in [0.3, 0.4) is 0 Å². The molecular formula is C30H31Cl2FN2O5. The van der Waals surface area contributed by atoms with Gasteiger partial charge < -0.3 is 14.8 Å². The third kappa shape index (κ3) is 6.40. The molecule has 1 saturated heterocycles. The minimum atomic E-state index is -0.879. The van der Waals surface area contributed by atoms with Crippen molar-refractivity contribution in [2.75, 3.05) is 33.4 Å². The van der Waals surface area contributed by atoms with Crippen LogP contribution in [0.15, 0.2) is 65.0 Å². The molecular weight excluding hydrogens is 558 g/mol. The van der Waals surface area contributed by atoms with Gasteiger partial charge in [0, 0.05) is 45.0 Å². The number of dihydropyridines is 1. The predicted molar refractivity (Wildman–Crippen MR) is 151 cm³/mol. The number of carbonyl (C=O) groups is 3. The molecule has 0 radical (unpaired) electrons. The van der Waals surface area contributed by atoms with Crippen LogP contribution in [0.2, 0.25) is 10.0 Å². The fraction of sp³-hybridized carbons (Fsp3) is 0.367. The van der Waals surface area contributed by atoms with Crippen LogP contribution in [0.5, 0.6) is 0 Å². The van der Waals surface area contributed by atoms with Crippen LogP contribution in [0.4, 0.5) is 4.39 Å². The lowest BCUT2D eigenvalue weighted by Gasteiger charge is -2.32. The number of rotatable bonds is 8. The summed E-state index contributed by atoms with van der Waals surface area (Å²) in [6.45, 7) is 5.40. The highest BCUT2D eigenvalue weighted by molar-refractivity contribution is 6.36. The minimum absolute atomic E-state index is 0.0207. The molecule has 2 heterocycles. The molecule has 0 spiro atoms.